The molecular formula is C25H21F2N5OS. The number of anilines is 1. The zero-order valence-corrected chi connectivity index (χ0v) is 19.1. The molecule has 4 aromatic rings. The maximum absolute atomic E-state index is 13.5. The Labute approximate surface area is 198 Å². The fraction of sp³-hybridized carbons (Fsp3) is 0.240. The molecule has 1 amide bonds. The fourth-order valence-corrected chi connectivity index (χ4v) is 4.69. The van der Waals surface area contributed by atoms with Crippen molar-refractivity contribution in [2.75, 3.05) is 5.73 Å². The summed E-state index contributed by atoms with van der Waals surface area (Å²) in [5, 5.41) is 7.41. The minimum absolute atomic E-state index is 0.186. The lowest BCUT2D eigenvalue weighted by atomic mass is 9.88. The molecule has 0 radical (unpaired) electrons. The molecule has 1 aliphatic rings. The first-order chi connectivity index (χ1) is 16.3. The highest BCUT2D eigenvalue weighted by Crippen LogP contribution is 2.47. The van der Waals surface area contributed by atoms with Gasteiger partial charge in [-0.1, -0.05) is 17.9 Å². The summed E-state index contributed by atoms with van der Waals surface area (Å²) in [5.74, 6) is 3.62. The Morgan fingerprint density at radius 1 is 1.26 bits per heavy atom. The topological polar surface area (TPSA) is 85.8 Å². The number of carbonyl (C=O) groups is 1. The SMILES string of the molecule is Cc1ccc(C(=O)NCc2ccsc2)cc1C#Cc1cn(C2CC(F)(F)C2)c2ncnc(N)c12. The third kappa shape index (κ3) is 4.24. The highest BCUT2D eigenvalue weighted by Gasteiger charge is 2.46. The van der Waals surface area contributed by atoms with Gasteiger partial charge in [0.15, 0.2) is 0 Å². The number of hydrogen-bond donors (Lipinski definition) is 2. The number of rotatable bonds is 4. The molecule has 0 atom stereocenters. The maximum Gasteiger partial charge on any atom is 0.252 e. The van der Waals surface area contributed by atoms with Crippen LogP contribution in [-0.2, 0) is 6.54 Å². The van der Waals surface area contributed by atoms with Gasteiger partial charge in [-0.15, -0.1) is 0 Å². The number of nitrogens with zero attached hydrogens (tertiary/aromatic N) is 3. The molecule has 1 fully saturated rings. The van der Waals surface area contributed by atoms with E-state index in [2.05, 4.69) is 27.1 Å². The van der Waals surface area contributed by atoms with Crippen molar-refractivity contribution in [1.29, 1.82) is 0 Å². The van der Waals surface area contributed by atoms with Crippen molar-refractivity contribution in [3.05, 3.63) is 75.4 Å². The van der Waals surface area contributed by atoms with Crippen LogP contribution in [0.25, 0.3) is 11.0 Å². The van der Waals surface area contributed by atoms with E-state index in [1.807, 2.05) is 29.8 Å². The molecule has 0 spiro atoms. The van der Waals surface area contributed by atoms with Crippen molar-refractivity contribution in [1.82, 2.24) is 19.9 Å². The van der Waals surface area contributed by atoms with Gasteiger partial charge in [-0.3, -0.25) is 4.79 Å². The first-order valence-electron chi connectivity index (χ1n) is 10.7. The second-order valence-electron chi connectivity index (χ2n) is 8.42. The smallest absolute Gasteiger partial charge is 0.252 e. The van der Waals surface area contributed by atoms with Crippen molar-refractivity contribution in [2.45, 2.75) is 38.3 Å². The first kappa shape index (κ1) is 22.0. The Morgan fingerprint density at radius 3 is 2.79 bits per heavy atom. The van der Waals surface area contributed by atoms with E-state index in [0.29, 0.717) is 34.3 Å². The average molecular weight is 478 g/mol. The third-order valence-electron chi connectivity index (χ3n) is 5.97. The predicted molar refractivity (Wildman–Crippen MR) is 128 cm³/mol. The minimum Gasteiger partial charge on any atom is -0.383 e. The molecule has 3 N–H and O–H groups in total. The molecule has 3 aromatic heterocycles. The number of aryl methyl sites for hydroxylation is 1. The van der Waals surface area contributed by atoms with E-state index >= 15 is 0 Å². The number of nitrogen functional groups attached to an aromatic ring is 1. The van der Waals surface area contributed by atoms with Crippen LogP contribution in [0.15, 0.2) is 47.5 Å². The Kier molecular flexibility index (Phi) is 5.54. The lowest BCUT2D eigenvalue weighted by Crippen LogP contribution is -2.36. The third-order valence-corrected chi connectivity index (χ3v) is 6.70. The van der Waals surface area contributed by atoms with Crippen molar-refractivity contribution >= 4 is 34.1 Å². The van der Waals surface area contributed by atoms with Gasteiger partial charge in [0.25, 0.3) is 11.8 Å². The molecule has 3 heterocycles. The molecular weight excluding hydrogens is 456 g/mol. The van der Waals surface area contributed by atoms with Gasteiger partial charge in [-0.2, -0.15) is 11.3 Å². The summed E-state index contributed by atoms with van der Waals surface area (Å²) in [6.45, 7) is 2.37. The van der Waals surface area contributed by atoms with Crippen molar-refractivity contribution < 1.29 is 13.6 Å². The van der Waals surface area contributed by atoms with Crippen LogP contribution in [0.4, 0.5) is 14.6 Å². The summed E-state index contributed by atoms with van der Waals surface area (Å²) >= 11 is 1.58. The molecule has 0 unspecified atom stereocenters. The van der Waals surface area contributed by atoms with Crippen LogP contribution < -0.4 is 11.1 Å². The van der Waals surface area contributed by atoms with Gasteiger partial charge in [0.05, 0.1) is 10.9 Å². The average Bonchev–Trinajstić information content (AvgIpc) is 3.44. The zero-order valence-electron chi connectivity index (χ0n) is 18.3. The number of nitrogens with one attached hydrogen (secondary N) is 1. The van der Waals surface area contributed by atoms with E-state index in [-0.39, 0.29) is 30.6 Å². The summed E-state index contributed by atoms with van der Waals surface area (Å²) < 4.78 is 28.7. The van der Waals surface area contributed by atoms with E-state index in [4.69, 9.17) is 5.73 Å². The molecule has 5 rings (SSSR count). The van der Waals surface area contributed by atoms with Crippen LogP contribution in [-0.4, -0.2) is 26.4 Å². The van der Waals surface area contributed by atoms with Gasteiger partial charge in [0, 0.05) is 42.8 Å². The number of hydrogen-bond acceptors (Lipinski definition) is 5. The quantitative estimate of drug-likeness (QED) is 0.418. The number of alkyl halides is 2. The normalized spacial score (nSPS) is 14.9. The Balaban J connectivity index is 1.45. The van der Waals surface area contributed by atoms with Crippen LogP contribution in [0.3, 0.4) is 0 Å². The zero-order chi connectivity index (χ0) is 23.9. The molecule has 0 saturated heterocycles. The molecule has 1 saturated carbocycles. The number of fused-ring (bicyclic) bond motifs is 1. The van der Waals surface area contributed by atoms with Gasteiger partial charge in [-0.05, 0) is 47.0 Å². The van der Waals surface area contributed by atoms with Crippen LogP contribution in [0.2, 0.25) is 0 Å². The number of benzene rings is 1. The number of amides is 1. The maximum atomic E-state index is 13.5. The summed E-state index contributed by atoms with van der Waals surface area (Å²) in [6.07, 6.45) is 2.56. The molecule has 0 bridgehead atoms. The molecule has 1 aromatic carbocycles. The summed E-state index contributed by atoms with van der Waals surface area (Å²) in [6, 6.07) is 6.96. The lowest BCUT2D eigenvalue weighted by Gasteiger charge is -2.36. The van der Waals surface area contributed by atoms with Gasteiger partial charge < -0.3 is 15.6 Å². The van der Waals surface area contributed by atoms with E-state index in [1.54, 1.807) is 34.2 Å². The molecule has 9 heteroatoms. The largest absolute Gasteiger partial charge is 0.383 e. The van der Waals surface area contributed by atoms with Crippen LogP contribution in [0, 0.1) is 18.8 Å². The molecule has 0 aliphatic heterocycles. The van der Waals surface area contributed by atoms with Gasteiger partial charge in [0.2, 0.25) is 0 Å². The van der Waals surface area contributed by atoms with Crippen molar-refractivity contribution in [3.8, 4) is 11.8 Å². The second-order valence-corrected chi connectivity index (χ2v) is 9.20. The minimum atomic E-state index is -2.66. The Morgan fingerprint density at radius 2 is 2.06 bits per heavy atom. The Hall–Kier alpha value is -3.77. The summed E-state index contributed by atoms with van der Waals surface area (Å²) in [4.78, 5) is 20.9. The van der Waals surface area contributed by atoms with E-state index in [0.717, 1.165) is 11.1 Å². The number of thiophene rings is 1. The number of aromatic nitrogens is 3. The predicted octanol–water partition coefficient (Wildman–Crippen LogP) is 4.68. The number of halogens is 2. The van der Waals surface area contributed by atoms with Gasteiger partial charge in [0.1, 0.15) is 17.8 Å². The van der Waals surface area contributed by atoms with E-state index in [1.165, 1.54) is 6.33 Å². The number of carbonyl (C=O) groups excluding carboxylic acids is 1. The second kappa shape index (κ2) is 8.54. The van der Waals surface area contributed by atoms with Crippen LogP contribution >= 0.6 is 11.3 Å². The number of nitrogens with two attached hydrogens (primary N) is 1. The van der Waals surface area contributed by atoms with Gasteiger partial charge in [-0.25, -0.2) is 18.7 Å². The Bertz CT molecular complexity index is 1440. The first-order valence-corrected chi connectivity index (χ1v) is 11.7. The summed E-state index contributed by atoms with van der Waals surface area (Å²) in [7, 11) is 0. The standard InChI is InChI=1S/C25H21F2N5OS/c1-15-2-3-18(24(33)29-11-16-6-7-34-13-16)8-17(15)4-5-19-12-32(20-9-25(26,27)10-20)23-21(19)22(28)30-14-31-23/h2-3,6-8,12-14,20H,9-11H2,1H3,(H,29,33)(H2,28,30,31). The van der Waals surface area contributed by atoms with Gasteiger partial charge >= 0.3 is 0 Å². The molecule has 1 aliphatic carbocycles. The molecule has 172 valence electrons. The van der Waals surface area contributed by atoms with Crippen molar-refractivity contribution in [3.63, 3.8) is 0 Å². The lowest BCUT2D eigenvalue weighted by molar-refractivity contribution is -0.103. The molecule has 34 heavy (non-hydrogen) atoms. The fourth-order valence-electron chi connectivity index (χ4n) is 4.02. The van der Waals surface area contributed by atoms with Crippen LogP contribution in [0.1, 0.15) is 51.5 Å². The summed E-state index contributed by atoms with van der Waals surface area (Å²) in [5.41, 5.74) is 10.3. The highest BCUT2D eigenvalue weighted by atomic mass is 32.1. The molecule has 6 nitrogen and oxygen atoms in total. The van der Waals surface area contributed by atoms with Crippen LogP contribution in [0.5, 0.6) is 0 Å². The monoisotopic (exact) mass is 477 g/mol. The van der Waals surface area contributed by atoms with E-state index < -0.39 is 5.92 Å². The van der Waals surface area contributed by atoms with Crippen molar-refractivity contribution in [2.24, 2.45) is 0 Å². The highest BCUT2D eigenvalue weighted by molar-refractivity contribution is 7.07. The van der Waals surface area contributed by atoms with E-state index in [9.17, 15) is 13.6 Å².